The van der Waals surface area contributed by atoms with Gasteiger partial charge in [-0.3, -0.25) is 4.90 Å². The highest BCUT2D eigenvalue weighted by Crippen LogP contribution is 2.10. The van der Waals surface area contributed by atoms with Crippen LogP contribution in [0.25, 0.3) is 0 Å². The molecule has 1 aliphatic heterocycles. The third-order valence-corrected chi connectivity index (χ3v) is 4.31. The molecule has 0 aromatic rings. The van der Waals surface area contributed by atoms with Gasteiger partial charge in [0.05, 0.1) is 12.7 Å². The molecule has 0 bridgehead atoms. The first-order chi connectivity index (χ1) is 9.76. The van der Waals surface area contributed by atoms with E-state index in [9.17, 15) is 10.2 Å². The van der Waals surface area contributed by atoms with Gasteiger partial charge in [-0.1, -0.05) is 39.0 Å². The summed E-state index contributed by atoms with van der Waals surface area (Å²) in [6, 6.07) is 0. The SMILES string of the molecule is CCN1CCN(CC(O)CCCCCCCC[O])CC1. The number of β-amino-alcohol motifs (C(OH)–C–C–N with tert-alkyl or cyclic N) is 1. The van der Waals surface area contributed by atoms with Crippen LogP contribution in [0.5, 0.6) is 0 Å². The molecule has 1 fully saturated rings. The highest BCUT2D eigenvalue weighted by Gasteiger charge is 2.17. The summed E-state index contributed by atoms with van der Waals surface area (Å²) in [7, 11) is 0. The van der Waals surface area contributed by atoms with Gasteiger partial charge in [0, 0.05) is 32.7 Å². The fourth-order valence-corrected chi connectivity index (χ4v) is 2.87. The van der Waals surface area contributed by atoms with Gasteiger partial charge in [0.1, 0.15) is 0 Å². The number of unbranched alkanes of at least 4 members (excludes halogenated alkanes) is 5. The number of likely N-dealkylation sites (N-methyl/N-ethyl adjacent to an activating group) is 1. The Hall–Kier alpha value is -0.160. The minimum atomic E-state index is -0.162. The second-order valence-corrected chi connectivity index (χ2v) is 6.00. The number of rotatable bonds is 11. The molecule has 1 rings (SSSR count). The minimum absolute atomic E-state index is 0.0734. The van der Waals surface area contributed by atoms with Crippen LogP contribution in [0.4, 0.5) is 0 Å². The van der Waals surface area contributed by atoms with Crippen molar-refractivity contribution in [2.24, 2.45) is 0 Å². The van der Waals surface area contributed by atoms with Gasteiger partial charge in [-0.15, -0.1) is 0 Å². The Labute approximate surface area is 124 Å². The maximum atomic E-state index is 10.3. The van der Waals surface area contributed by atoms with E-state index in [-0.39, 0.29) is 12.7 Å². The maximum absolute atomic E-state index is 10.3. The summed E-state index contributed by atoms with van der Waals surface area (Å²) >= 11 is 0. The molecule has 1 saturated heterocycles. The predicted octanol–water partition coefficient (Wildman–Crippen LogP) is 2.15. The van der Waals surface area contributed by atoms with Crippen molar-refractivity contribution in [3.63, 3.8) is 0 Å². The Balaban J connectivity index is 1.94. The summed E-state index contributed by atoms with van der Waals surface area (Å²) in [5.41, 5.74) is 0. The molecule has 0 aromatic heterocycles. The fraction of sp³-hybridized carbons (Fsp3) is 1.00. The highest BCUT2D eigenvalue weighted by molar-refractivity contribution is 4.73. The van der Waals surface area contributed by atoms with Crippen LogP contribution in [0, 0.1) is 0 Å². The van der Waals surface area contributed by atoms with Crippen LogP contribution >= 0.6 is 0 Å². The average Bonchev–Trinajstić information content (AvgIpc) is 2.47. The van der Waals surface area contributed by atoms with Crippen LogP contribution in [0.15, 0.2) is 0 Å². The number of hydrogen-bond acceptors (Lipinski definition) is 3. The molecule has 4 heteroatoms. The van der Waals surface area contributed by atoms with Crippen LogP contribution in [-0.4, -0.2) is 66.9 Å². The molecule has 20 heavy (non-hydrogen) atoms. The molecule has 4 nitrogen and oxygen atoms in total. The molecule has 0 aromatic carbocycles. The summed E-state index contributed by atoms with van der Waals surface area (Å²) < 4.78 is 0. The zero-order valence-corrected chi connectivity index (χ0v) is 13.2. The quantitative estimate of drug-likeness (QED) is 0.592. The monoisotopic (exact) mass is 285 g/mol. The summed E-state index contributed by atoms with van der Waals surface area (Å²) in [5, 5.41) is 20.4. The van der Waals surface area contributed by atoms with Gasteiger partial charge in [-0.2, -0.15) is 0 Å². The van der Waals surface area contributed by atoms with Crippen LogP contribution < -0.4 is 0 Å². The molecule has 0 spiro atoms. The van der Waals surface area contributed by atoms with Crippen molar-refractivity contribution >= 4 is 0 Å². The lowest BCUT2D eigenvalue weighted by atomic mass is 10.1. The van der Waals surface area contributed by atoms with E-state index in [0.29, 0.717) is 0 Å². The molecule has 0 amide bonds. The van der Waals surface area contributed by atoms with Crippen LogP contribution in [0.1, 0.15) is 51.9 Å². The Kier molecular flexibility index (Phi) is 10.3. The summed E-state index contributed by atoms with van der Waals surface area (Å²) in [6.07, 6.45) is 7.37. The first kappa shape index (κ1) is 17.9. The van der Waals surface area contributed by atoms with Crippen molar-refractivity contribution in [1.82, 2.24) is 9.80 Å². The van der Waals surface area contributed by atoms with Gasteiger partial charge in [0.15, 0.2) is 0 Å². The summed E-state index contributed by atoms with van der Waals surface area (Å²) in [6.45, 7) is 8.74. The van der Waals surface area contributed by atoms with Gasteiger partial charge in [0.2, 0.25) is 0 Å². The van der Waals surface area contributed by atoms with E-state index in [2.05, 4.69) is 16.7 Å². The lowest BCUT2D eigenvalue weighted by molar-refractivity contribution is 0.0690. The molecular weight excluding hydrogens is 252 g/mol. The molecule has 1 atom stereocenters. The first-order valence-corrected chi connectivity index (χ1v) is 8.47. The van der Waals surface area contributed by atoms with Gasteiger partial charge < -0.3 is 10.0 Å². The van der Waals surface area contributed by atoms with Gasteiger partial charge >= 0.3 is 0 Å². The maximum Gasteiger partial charge on any atom is 0.0822 e. The van der Waals surface area contributed by atoms with Crippen molar-refractivity contribution in [1.29, 1.82) is 0 Å². The van der Waals surface area contributed by atoms with E-state index in [1.54, 1.807) is 0 Å². The molecule has 1 aliphatic rings. The van der Waals surface area contributed by atoms with Crippen molar-refractivity contribution < 1.29 is 10.2 Å². The van der Waals surface area contributed by atoms with Crippen molar-refractivity contribution in [3.8, 4) is 0 Å². The van der Waals surface area contributed by atoms with E-state index in [1.807, 2.05) is 0 Å². The lowest BCUT2D eigenvalue weighted by Gasteiger charge is -2.35. The Bertz CT molecular complexity index is 219. The summed E-state index contributed by atoms with van der Waals surface area (Å²) in [5.74, 6) is 0. The van der Waals surface area contributed by atoms with E-state index in [1.165, 1.54) is 19.3 Å². The van der Waals surface area contributed by atoms with Crippen molar-refractivity contribution in [3.05, 3.63) is 0 Å². The third-order valence-electron chi connectivity index (χ3n) is 4.31. The molecule has 1 heterocycles. The molecular formula is C16H33N2O2. The van der Waals surface area contributed by atoms with E-state index >= 15 is 0 Å². The van der Waals surface area contributed by atoms with Crippen LogP contribution in [0.2, 0.25) is 0 Å². The zero-order valence-electron chi connectivity index (χ0n) is 13.2. The molecule has 1 N–H and O–H groups in total. The second kappa shape index (κ2) is 11.5. The Morgan fingerprint density at radius 1 is 0.900 bits per heavy atom. The second-order valence-electron chi connectivity index (χ2n) is 6.00. The largest absolute Gasteiger partial charge is 0.392 e. The normalized spacial score (nSPS) is 19.4. The smallest absolute Gasteiger partial charge is 0.0822 e. The molecule has 0 aliphatic carbocycles. The number of piperazine rings is 1. The van der Waals surface area contributed by atoms with Crippen LogP contribution in [0.3, 0.4) is 0 Å². The molecule has 119 valence electrons. The van der Waals surface area contributed by atoms with Crippen molar-refractivity contribution in [2.45, 2.75) is 58.0 Å². The standard InChI is InChI=1S/C16H33N2O2/c1-2-17-10-12-18(13-11-17)15-16(20)9-7-5-3-4-6-8-14-19/h16,20H,2-15H2,1H3. The third kappa shape index (κ3) is 8.20. The minimum Gasteiger partial charge on any atom is -0.392 e. The molecule has 1 unspecified atom stereocenters. The number of aliphatic hydroxyl groups is 1. The predicted molar refractivity (Wildman–Crippen MR) is 82.4 cm³/mol. The number of hydrogen-bond donors (Lipinski definition) is 1. The Morgan fingerprint density at radius 2 is 1.45 bits per heavy atom. The van der Waals surface area contributed by atoms with Gasteiger partial charge in [0.25, 0.3) is 0 Å². The molecule has 0 saturated carbocycles. The fourth-order valence-electron chi connectivity index (χ4n) is 2.87. The van der Waals surface area contributed by atoms with E-state index < -0.39 is 0 Å². The molecule has 1 radical (unpaired) electrons. The van der Waals surface area contributed by atoms with E-state index in [4.69, 9.17) is 0 Å². The van der Waals surface area contributed by atoms with Crippen LogP contribution in [-0.2, 0) is 5.11 Å². The van der Waals surface area contributed by atoms with E-state index in [0.717, 1.165) is 65.0 Å². The Morgan fingerprint density at radius 3 is 2.05 bits per heavy atom. The highest BCUT2D eigenvalue weighted by atomic mass is 16.3. The number of aliphatic hydroxyl groups excluding tert-OH is 1. The van der Waals surface area contributed by atoms with Gasteiger partial charge in [-0.05, 0) is 19.4 Å². The zero-order chi connectivity index (χ0) is 14.6. The average molecular weight is 285 g/mol. The first-order valence-electron chi connectivity index (χ1n) is 8.47. The summed E-state index contributed by atoms with van der Waals surface area (Å²) in [4.78, 5) is 4.86. The topological polar surface area (TPSA) is 46.6 Å². The lowest BCUT2D eigenvalue weighted by Crippen LogP contribution is -2.48. The van der Waals surface area contributed by atoms with Crippen molar-refractivity contribution in [2.75, 3.05) is 45.9 Å². The van der Waals surface area contributed by atoms with Gasteiger partial charge in [-0.25, -0.2) is 5.11 Å². The number of nitrogens with zero attached hydrogens (tertiary/aromatic N) is 2.